The molecule has 1 saturated heterocycles. The van der Waals surface area contributed by atoms with Gasteiger partial charge < -0.3 is 15.4 Å². The number of aryl methyl sites for hydroxylation is 1. The van der Waals surface area contributed by atoms with Crippen LogP contribution in [-0.4, -0.2) is 31.3 Å². The van der Waals surface area contributed by atoms with Crippen molar-refractivity contribution in [3.05, 3.63) is 10.6 Å². The molecule has 1 atom stereocenters. The van der Waals surface area contributed by atoms with Crippen LogP contribution in [0.2, 0.25) is 0 Å². The molecule has 0 bridgehead atoms. The van der Waals surface area contributed by atoms with Crippen LogP contribution in [0.5, 0.6) is 0 Å². The van der Waals surface area contributed by atoms with Crippen molar-refractivity contribution < 1.29 is 4.74 Å². The van der Waals surface area contributed by atoms with E-state index in [4.69, 9.17) is 15.5 Å². The van der Waals surface area contributed by atoms with E-state index in [1.807, 2.05) is 0 Å². The number of nitrogens with two attached hydrogens (primary N) is 1. The third-order valence-electron chi connectivity index (χ3n) is 3.47. The molecule has 3 rings (SSSR count). The van der Waals surface area contributed by atoms with Gasteiger partial charge in [-0.2, -0.15) is 0 Å². The monoisotopic (exact) mass is 253 g/mol. The van der Waals surface area contributed by atoms with E-state index in [0.29, 0.717) is 0 Å². The van der Waals surface area contributed by atoms with Gasteiger partial charge in [-0.15, -0.1) is 0 Å². The number of anilines is 1. The van der Waals surface area contributed by atoms with Gasteiger partial charge in [-0.3, -0.25) is 0 Å². The van der Waals surface area contributed by atoms with Crippen LogP contribution in [0.25, 0.3) is 0 Å². The largest absolute Gasteiger partial charge is 0.380 e. The van der Waals surface area contributed by atoms with E-state index in [2.05, 4.69) is 4.90 Å². The smallest absolute Gasteiger partial charge is 0.185 e. The molecule has 94 valence electrons. The van der Waals surface area contributed by atoms with E-state index in [9.17, 15) is 0 Å². The first-order chi connectivity index (χ1) is 8.34. The van der Waals surface area contributed by atoms with E-state index in [1.54, 1.807) is 11.3 Å². The normalized spacial score (nSPS) is 25.5. The summed E-state index contributed by atoms with van der Waals surface area (Å²) in [5, 5.41) is 1.15. The van der Waals surface area contributed by atoms with Crippen molar-refractivity contribution in [3.63, 3.8) is 0 Å². The van der Waals surface area contributed by atoms with Crippen molar-refractivity contribution in [3.8, 4) is 0 Å². The number of ether oxygens (including phenoxy) is 1. The Morgan fingerprint density at radius 1 is 1.29 bits per heavy atom. The van der Waals surface area contributed by atoms with Crippen LogP contribution in [0.3, 0.4) is 0 Å². The minimum absolute atomic E-state index is 0.216. The maximum Gasteiger partial charge on any atom is 0.185 e. The van der Waals surface area contributed by atoms with Crippen LogP contribution in [0.15, 0.2) is 0 Å². The molecule has 17 heavy (non-hydrogen) atoms. The second-order valence-electron chi connectivity index (χ2n) is 4.76. The first-order valence-electron chi connectivity index (χ1n) is 6.42. The van der Waals surface area contributed by atoms with Gasteiger partial charge in [0, 0.05) is 30.6 Å². The molecule has 0 amide bonds. The molecule has 2 N–H and O–H groups in total. The van der Waals surface area contributed by atoms with Gasteiger partial charge in [0.1, 0.15) is 0 Å². The summed E-state index contributed by atoms with van der Waals surface area (Å²) in [6.45, 7) is 3.71. The summed E-state index contributed by atoms with van der Waals surface area (Å²) >= 11 is 1.79. The lowest BCUT2D eigenvalue weighted by molar-refractivity contribution is 0.152. The maximum atomic E-state index is 6.15. The predicted molar refractivity (Wildman–Crippen MR) is 69.6 cm³/mol. The van der Waals surface area contributed by atoms with Crippen LogP contribution >= 0.6 is 11.3 Å². The van der Waals surface area contributed by atoms with Crippen LogP contribution in [0, 0.1) is 0 Å². The molecule has 2 heterocycles. The number of fused-ring (bicyclic) bond motifs is 1. The van der Waals surface area contributed by atoms with Crippen molar-refractivity contribution in [1.82, 2.24) is 4.98 Å². The Bertz CT molecular complexity index is 385. The van der Waals surface area contributed by atoms with E-state index in [1.165, 1.54) is 17.0 Å². The molecule has 1 aliphatic heterocycles. The number of thiazole rings is 1. The van der Waals surface area contributed by atoms with E-state index >= 15 is 0 Å². The van der Waals surface area contributed by atoms with Gasteiger partial charge in [-0.1, -0.05) is 11.3 Å². The van der Waals surface area contributed by atoms with Crippen LogP contribution in [0.1, 0.15) is 35.9 Å². The van der Waals surface area contributed by atoms with Crippen molar-refractivity contribution in [2.45, 2.75) is 31.7 Å². The molecule has 1 aliphatic carbocycles. The minimum atomic E-state index is 0.216. The summed E-state index contributed by atoms with van der Waals surface area (Å²) in [5.74, 6) is 0. The fourth-order valence-corrected chi connectivity index (χ4v) is 3.71. The lowest BCUT2D eigenvalue weighted by Gasteiger charge is -2.17. The SMILES string of the molecule is NC1CCCc2nc(N3CCCOCC3)sc21. The molecule has 2 aliphatic rings. The zero-order chi connectivity index (χ0) is 11.7. The van der Waals surface area contributed by atoms with E-state index in [0.717, 1.165) is 50.7 Å². The van der Waals surface area contributed by atoms with Crippen molar-refractivity contribution in [2.75, 3.05) is 31.2 Å². The molecule has 5 heteroatoms. The van der Waals surface area contributed by atoms with Gasteiger partial charge >= 0.3 is 0 Å². The van der Waals surface area contributed by atoms with Gasteiger partial charge in [-0.05, 0) is 25.7 Å². The standard InChI is InChI=1S/C12H19N3OS/c13-9-3-1-4-10-11(9)17-12(14-10)15-5-2-7-16-8-6-15/h9H,1-8,13H2. The Morgan fingerprint density at radius 3 is 3.12 bits per heavy atom. The first kappa shape index (κ1) is 11.4. The predicted octanol–water partition coefficient (Wildman–Crippen LogP) is 1.71. The summed E-state index contributed by atoms with van der Waals surface area (Å²) in [6, 6.07) is 0.216. The van der Waals surface area contributed by atoms with Gasteiger partial charge in [0.2, 0.25) is 0 Å². The third-order valence-corrected chi connectivity index (χ3v) is 4.76. The molecule has 4 nitrogen and oxygen atoms in total. The average molecular weight is 253 g/mol. The summed E-state index contributed by atoms with van der Waals surface area (Å²) in [7, 11) is 0. The number of rotatable bonds is 1. The molecule has 1 aromatic heterocycles. The first-order valence-corrected chi connectivity index (χ1v) is 7.24. The number of aromatic nitrogens is 1. The van der Waals surface area contributed by atoms with Crippen LogP contribution in [-0.2, 0) is 11.2 Å². The Balaban J connectivity index is 1.83. The van der Waals surface area contributed by atoms with Gasteiger partial charge in [0.05, 0.1) is 12.3 Å². The molecule has 1 aromatic rings. The van der Waals surface area contributed by atoms with Gasteiger partial charge in [-0.25, -0.2) is 4.98 Å². The Morgan fingerprint density at radius 2 is 2.24 bits per heavy atom. The highest BCUT2D eigenvalue weighted by Gasteiger charge is 2.24. The molecular formula is C12H19N3OS. The lowest BCUT2D eigenvalue weighted by atomic mass is 9.99. The summed E-state index contributed by atoms with van der Waals surface area (Å²) in [5.41, 5.74) is 7.39. The van der Waals surface area contributed by atoms with Crippen LogP contribution < -0.4 is 10.6 Å². The van der Waals surface area contributed by atoms with E-state index in [-0.39, 0.29) is 6.04 Å². The third kappa shape index (κ3) is 2.32. The quantitative estimate of drug-likeness (QED) is 0.828. The number of nitrogens with zero attached hydrogens (tertiary/aromatic N) is 2. The van der Waals surface area contributed by atoms with Gasteiger partial charge in [0.25, 0.3) is 0 Å². The molecular weight excluding hydrogens is 234 g/mol. The molecule has 0 aromatic carbocycles. The van der Waals surface area contributed by atoms with Crippen molar-refractivity contribution in [1.29, 1.82) is 0 Å². The van der Waals surface area contributed by atoms with Gasteiger partial charge in [0.15, 0.2) is 5.13 Å². The molecule has 1 unspecified atom stereocenters. The zero-order valence-corrected chi connectivity index (χ0v) is 10.8. The Kier molecular flexibility index (Phi) is 3.31. The summed E-state index contributed by atoms with van der Waals surface area (Å²) in [4.78, 5) is 8.44. The highest BCUT2D eigenvalue weighted by molar-refractivity contribution is 7.15. The summed E-state index contributed by atoms with van der Waals surface area (Å²) in [6.07, 6.45) is 4.48. The van der Waals surface area contributed by atoms with Crippen LogP contribution in [0.4, 0.5) is 5.13 Å². The van der Waals surface area contributed by atoms with Crippen molar-refractivity contribution >= 4 is 16.5 Å². The maximum absolute atomic E-state index is 6.15. The average Bonchev–Trinajstić information content (AvgIpc) is 2.59. The highest BCUT2D eigenvalue weighted by Crippen LogP contribution is 2.36. The Labute approximate surface area is 106 Å². The topological polar surface area (TPSA) is 51.4 Å². The second kappa shape index (κ2) is 4.92. The fourth-order valence-electron chi connectivity index (χ4n) is 2.51. The second-order valence-corrected chi connectivity index (χ2v) is 5.77. The Hall–Kier alpha value is -0.650. The zero-order valence-electron chi connectivity index (χ0n) is 10.0. The minimum Gasteiger partial charge on any atom is -0.380 e. The summed E-state index contributed by atoms with van der Waals surface area (Å²) < 4.78 is 5.48. The molecule has 0 saturated carbocycles. The lowest BCUT2D eigenvalue weighted by Crippen LogP contribution is -2.25. The van der Waals surface area contributed by atoms with Crippen molar-refractivity contribution in [2.24, 2.45) is 5.73 Å². The number of hydrogen-bond acceptors (Lipinski definition) is 5. The fraction of sp³-hybridized carbons (Fsp3) is 0.750. The van der Waals surface area contributed by atoms with E-state index < -0.39 is 0 Å². The highest BCUT2D eigenvalue weighted by atomic mass is 32.1. The molecule has 0 radical (unpaired) electrons. The molecule has 1 fully saturated rings. The number of hydrogen-bond donors (Lipinski definition) is 1. The molecule has 0 spiro atoms.